The van der Waals surface area contributed by atoms with Gasteiger partial charge in [0.05, 0.1) is 11.4 Å². The van der Waals surface area contributed by atoms with E-state index in [1.165, 1.54) is 5.56 Å². The Kier molecular flexibility index (Phi) is 1.92. The summed E-state index contributed by atoms with van der Waals surface area (Å²) in [5, 5.41) is 0. The van der Waals surface area contributed by atoms with E-state index in [9.17, 15) is 0 Å². The van der Waals surface area contributed by atoms with Crippen LogP contribution in [0.1, 0.15) is 19.4 Å². The predicted octanol–water partition coefficient (Wildman–Crippen LogP) is 2.52. The first-order chi connectivity index (χ1) is 6.66. The van der Waals surface area contributed by atoms with Crippen LogP contribution in [-0.2, 0) is 5.41 Å². The minimum atomic E-state index is -0.0214. The average molecular weight is 186 g/mol. The van der Waals surface area contributed by atoms with Gasteiger partial charge < -0.3 is 5.73 Å². The van der Waals surface area contributed by atoms with Crippen molar-refractivity contribution in [3.63, 3.8) is 0 Å². The molecule has 2 nitrogen and oxygen atoms in total. The molecule has 1 aromatic rings. The summed E-state index contributed by atoms with van der Waals surface area (Å²) in [6.45, 7) is 4.33. The molecule has 0 amide bonds. The third-order valence-electron chi connectivity index (χ3n) is 2.71. The summed E-state index contributed by atoms with van der Waals surface area (Å²) in [6.07, 6.45) is 3.42. The third kappa shape index (κ3) is 1.15. The van der Waals surface area contributed by atoms with Crippen molar-refractivity contribution in [3.05, 3.63) is 42.1 Å². The maximum absolute atomic E-state index is 5.40. The van der Waals surface area contributed by atoms with E-state index in [0.717, 1.165) is 11.4 Å². The molecular formula is C12H14N2. The number of rotatable bonds is 1. The van der Waals surface area contributed by atoms with E-state index in [2.05, 4.69) is 24.9 Å². The van der Waals surface area contributed by atoms with E-state index in [1.54, 1.807) is 6.20 Å². The van der Waals surface area contributed by atoms with Crippen molar-refractivity contribution in [2.24, 2.45) is 10.7 Å². The van der Waals surface area contributed by atoms with Gasteiger partial charge >= 0.3 is 0 Å². The highest BCUT2D eigenvalue weighted by Gasteiger charge is 2.32. The van der Waals surface area contributed by atoms with Crippen LogP contribution >= 0.6 is 0 Å². The molecule has 0 fully saturated rings. The second-order valence-corrected chi connectivity index (χ2v) is 4.00. The Morgan fingerprint density at radius 3 is 2.64 bits per heavy atom. The SMILES string of the molecule is CC1(C)C(/C=C/N)=Nc2ccccc21. The van der Waals surface area contributed by atoms with Gasteiger partial charge in [0.2, 0.25) is 0 Å². The number of fused-ring (bicyclic) bond motifs is 1. The van der Waals surface area contributed by atoms with Crippen molar-refractivity contribution in [2.75, 3.05) is 0 Å². The molecule has 0 aliphatic carbocycles. The van der Waals surface area contributed by atoms with Crippen LogP contribution in [0.25, 0.3) is 0 Å². The van der Waals surface area contributed by atoms with Gasteiger partial charge in [-0.15, -0.1) is 0 Å². The minimum Gasteiger partial charge on any atom is -0.405 e. The summed E-state index contributed by atoms with van der Waals surface area (Å²) in [5.41, 5.74) is 8.74. The normalized spacial score (nSPS) is 18.3. The van der Waals surface area contributed by atoms with Crippen LogP contribution in [-0.4, -0.2) is 5.71 Å². The molecule has 2 N–H and O–H groups in total. The predicted molar refractivity (Wildman–Crippen MR) is 59.9 cm³/mol. The number of aliphatic imine (C=N–C) groups is 1. The van der Waals surface area contributed by atoms with Crippen LogP contribution in [0.4, 0.5) is 5.69 Å². The number of benzene rings is 1. The number of hydrogen-bond acceptors (Lipinski definition) is 2. The molecule has 0 radical (unpaired) electrons. The Morgan fingerprint density at radius 2 is 2.00 bits per heavy atom. The van der Waals surface area contributed by atoms with Gasteiger partial charge in [-0.2, -0.15) is 0 Å². The molecule has 0 aromatic heterocycles. The Morgan fingerprint density at radius 1 is 1.29 bits per heavy atom. The van der Waals surface area contributed by atoms with E-state index in [0.29, 0.717) is 0 Å². The van der Waals surface area contributed by atoms with Crippen LogP contribution in [0.2, 0.25) is 0 Å². The summed E-state index contributed by atoms with van der Waals surface area (Å²) in [5.74, 6) is 0. The van der Waals surface area contributed by atoms with Gasteiger partial charge in [0.1, 0.15) is 0 Å². The van der Waals surface area contributed by atoms with Crippen LogP contribution in [0.5, 0.6) is 0 Å². The van der Waals surface area contributed by atoms with Gasteiger partial charge in [-0.05, 0) is 23.9 Å². The maximum atomic E-state index is 5.40. The molecule has 1 aliphatic rings. The van der Waals surface area contributed by atoms with Gasteiger partial charge in [0, 0.05) is 5.41 Å². The third-order valence-corrected chi connectivity index (χ3v) is 2.71. The molecule has 2 rings (SSSR count). The quantitative estimate of drug-likeness (QED) is 0.719. The smallest absolute Gasteiger partial charge is 0.0674 e. The highest BCUT2D eigenvalue weighted by Crippen LogP contribution is 2.39. The van der Waals surface area contributed by atoms with Gasteiger partial charge in [0.15, 0.2) is 0 Å². The maximum Gasteiger partial charge on any atom is 0.0674 e. The Labute approximate surface area is 84.2 Å². The zero-order chi connectivity index (χ0) is 10.2. The lowest BCUT2D eigenvalue weighted by atomic mass is 9.81. The first-order valence-corrected chi connectivity index (χ1v) is 4.73. The number of hydrogen-bond donors (Lipinski definition) is 1. The fraction of sp³-hybridized carbons (Fsp3) is 0.250. The molecule has 0 bridgehead atoms. The molecule has 0 saturated carbocycles. The second kappa shape index (κ2) is 2.98. The van der Waals surface area contributed by atoms with Crippen molar-refractivity contribution >= 4 is 11.4 Å². The monoisotopic (exact) mass is 186 g/mol. The Bertz CT molecular complexity index is 414. The summed E-state index contributed by atoms with van der Waals surface area (Å²) in [4.78, 5) is 4.54. The lowest BCUT2D eigenvalue weighted by Gasteiger charge is -2.19. The van der Waals surface area contributed by atoms with Crippen LogP contribution < -0.4 is 5.73 Å². The highest BCUT2D eigenvalue weighted by molar-refractivity contribution is 6.08. The topological polar surface area (TPSA) is 38.4 Å². The molecule has 72 valence electrons. The van der Waals surface area contributed by atoms with E-state index in [-0.39, 0.29) is 5.41 Å². The standard InChI is InChI=1S/C12H14N2/c1-12(2)9-5-3-4-6-10(9)14-11(12)7-8-13/h3-8H,13H2,1-2H3/b8-7+. The van der Waals surface area contributed by atoms with Gasteiger partial charge in [0.25, 0.3) is 0 Å². The Balaban J connectivity index is 2.56. The zero-order valence-electron chi connectivity index (χ0n) is 8.49. The summed E-state index contributed by atoms with van der Waals surface area (Å²) in [7, 11) is 0. The van der Waals surface area contributed by atoms with Crippen molar-refractivity contribution in [3.8, 4) is 0 Å². The summed E-state index contributed by atoms with van der Waals surface area (Å²) >= 11 is 0. The van der Waals surface area contributed by atoms with Crippen LogP contribution in [0.15, 0.2) is 41.5 Å². The van der Waals surface area contributed by atoms with Crippen LogP contribution in [0, 0.1) is 0 Å². The average Bonchev–Trinajstić information content (AvgIpc) is 2.41. The highest BCUT2D eigenvalue weighted by atomic mass is 14.8. The second-order valence-electron chi connectivity index (χ2n) is 4.00. The molecule has 1 heterocycles. The molecule has 1 aromatic carbocycles. The number of allylic oxidation sites excluding steroid dienone is 1. The number of nitrogens with zero attached hydrogens (tertiary/aromatic N) is 1. The van der Waals surface area contributed by atoms with Crippen LogP contribution in [0.3, 0.4) is 0 Å². The Hall–Kier alpha value is -1.57. The van der Waals surface area contributed by atoms with Crippen molar-refractivity contribution in [1.82, 2.24) is 0 Å². The summed E-state index contributed by atoms with van der Waals surface area (Å²) in [6, 6.07) is 8.21. The molecule has 0 atom stereocenters. The van der Waals surface area contributed by atoms with Gasteiger partial charge in [-0.25, -0.2) is 0 Å². The molecule has 0 unspecified atom stereocenters. The van der Waals surface area contributed by atoms with Crippen molar-refractivity contribution in [1.29, 1.82) is 0 Å². The zero-order valence-corrected chi connectivity index (χ0v) is 8.49. The van der Waals surface area contributed by atoms with Gasteiger partial charge in [-0.1, -0.05) is 32.0 Å². The van der Waals surface area contributed by atoms with E-state index in [1.807, 2.05) is 24.3 Å². The molecule has 2 heteroatoms. The van der Waals surface area contributed by atoms with Crippen molar-refractivity contribution in [2.45, 2.75) is 19.3 Å². The van der Waals surface area contributed by atoms with Gasteiger partial charge in [-0.3, -0.25) is 4.99 Å². The molecule has 0 saturated heterocycles. The lowest BCUT2D eigenvalue weighted by molar-refractivity contribution is 0.740. The molecular weight excluding hydrogens is 172 g/mol. The van der Waals surface area contributed by atoms with Crippen molar-refractivity contribution < 1.29 is 0 Å². The lowest BCUT2D eigenvalue weighted by Crippen LogP contribution is -2.23. The van der Waals surface area contributed by atoms with E-state index >= 15 is 0 Å². The first-order valence-electron chi connectivity index (χ1n) is 4.73. The van der Waals surface area contributed by atoms with E-state index in [4.69, 9.17) is 5.73 Å². The molecule has 1 aliphatic heterocycles. The first kappa shape index (κ1) is 9.00. The fourth-order valence-electron chi connectivity index (χ4n) is 1.84. The largest absolute Gasteiger partial charge is 0.405 e. The minimum absolute atomic E-state index is 0.0214. The molecule has 0 spiro atoms. The number of nitrogens with two attached hydrogens (primary N) is 1. The fourth-order valence-corrected chi connectivity index (χ4v) is 1.84. The summed E-state index contributed by atoms with van der Waals surface area (Å²) < 4.78 is 0. The van der Waals surface area contributed by atoms with E-state index < -0.39 is 0 Å². The number of para-hydroxylation sites is 1. The molecule has 14 heavy (non-hydrogen) atoms.